The molecule has 2 heterocycles. The van der Waals surface area contributed by atoms with Gasteiger partial charge in [0.25, 0.3) is 5.91 Å². The fraction of sp³-hybridized carbons (Fsp3) is 0.0909. The van der Waals surface area contributed by atoms with Gasteiger partial charge in [-0.05, 0) is 43.0 Å². The summed E-state index contributed by atoms with van der Waals surface area (Å²) in [7, 11) is 1.74. The predicted octanol–water partition coefficient (Wildman–Crippen LogP) is 5.49. The minimum Gasteiger partial charge on any atom is -0.457 e. The van der Waals surface area contributed by atoms with Crippen LogP contribution in [-0.4, -0.2) is 23.0 Å². The Morgan fingerprint density at radius 1 is 1.00 bits per heavy atom. The quantitative estimate of drug-likeness (QED) is 0.570. The van der Waals surface area contributed by atoms with E-state index in [1.807, 2.05) is 73.7 Å². The molecule has 1 aliphatic rings. The number of hydrogen-bond donors (Lipinski definition) is 0. The molecule has 0 bridgehead atoms. The van der Waals surface area contributed by atoms with Crippen LogP contribution in [0.3, 0.4) is 0 Å². The van der Waals surface area contributed by atoms with Gasteiger partial charge in [0.2, 0.25) is 0 Å². The highest BCUT2D eigenvalue weighted by Crippen LogP contribution is 2.34. The minimum atomic E-state index is -0.0801. The average Bonchev–Trinajstić information content (AvgIpc) is 3.26. The van der Waals surface area contributed by atoms with E-state index in [0.29, 0.717) is 15.8 Å². The number of benzene rings is 2. The third kappa shape index (κ3) is 3.73. The lowest BCUT2D eigenvalue weighted by molar-refractivity contribution is -0.121. The summed E-state index contributed by atoms with van der Waals surface area (Å²) in [5.41, 5.74) is 3.01. The molecule has 0 aliphatic carbocycles. The molecule has 1 aliphatic heterocycles. The van der Waals surface area contributed by atoms with Gasteiger partial charge in [0.1, 0.15) is 11.5 Å². The Bertz CT molecular complexity index is 1030. The van der Waals surface area contributed by atoms with Gasteiger partial charge in [-0.2, -0.15) is 0 Å². The first-order valence-corrected chi connectivity index (χ1v) is 9.40. The molecule has 1 amide bonds. The Labute approximate surface area is 162 Å². The molecule has 1 saturated heterocycles. The molecule has 0 radical (unpaired) electrons. The number of thioether (sulfide) groups is 1. The summed E-state index contributed by atoms with van der Waals surface area (Å²) in [6, 6.07) is 21.6. The maximum atomic E-state index is 12.6. The number of rotatable bonds is 3. The van der Waals surface area contributed by atoms with Gasteiger partial charge in [0, 0.05) is 18.7 Å². The zero-order chi connectivity index (χ0) is 18.8. The number of carbonyl (C=O) groups excluding carboxylic acids is 1. The van der Waals surface area contributed by atoms with Crippen LogP contribution in [0.25, 0.3) is 17.4 Å². The number of aryl methyl sites for hydroxylation is 1. The predicted molar refractivity (Wildman–Crippen MR) is 111 cm³/mol. The Kier molecular flexibility index (Phi) is 4.69. The molecule has 1 fully saturated rings. The molecule has 0 unspecified atom stereocenters. The van der Waals surface area contributed by atoms with Crippen molar-refractivity contribution in [3.63, 3.8) is 0 Å². The van der Waals surface area contributed by atoms with Crippen molar-refractivity contribution in [1.82, 2.24) is 4.90 Å². The van der Waals surface area contributed by atoms with Crippen molar-refractivity contribution < 1.29 is 9.21 Å². The number of nitrogens with zero attached hydrogens (tertiary/aromatic N) is 2. The molecule has 134 valence electrons. The molecule has 27 heavy (non-hydrogen) atoms. The standard InChI is InChI=1S/C22H18N2O2S/c1-15-8-10-17(11-9-15)23-22-24(2)21(25)20(27-22)14-18-12-13-19(26-18)16-6-4-3-5-7-16/h3-14H,1-2H3/b20-14-,23-22+. The Balaban J connectivity index is 1.58. The Morgan fingerprint density at radius 2 is 1.74 bits per heavy atom. The topological polar surface area (TPSA) is 45.8 Å². The molecule has 5 heteroatoms. The van der Waals surface area contributed by atoms with E-state index >= 15 is 0 Å². The minimum absolute atomic E-state index is 0.0801. The van der Waals surface area contributed by atoms with Crippen molar-refractivity contribution in [2.75, 3.05) is 7.05 Å². The number of likely N-dealkylation sites (N-methyl/N-ethyl adjacent to an activating group) is 1. The number of furan rings is 1. The number of hydrogen-bond acceptors (Lipinski definition) is 4. The number of amidine groups is 1. The van der Waals surface area contributed by atoms with Gasteiger partial charge < -0.3 is 4.42 Å². The maximum absolute atomic E-state index is 12.6. The molecule has 0 N–H and O–H groups in total. The SMILES string of the molecule is Cc1ccc(/N=C2/S/C(=C\c3ccc(-c4ccccc4)o3)C(=O)N2C)cc1. The van der Waals surface area contributed by atoms with Gasteiger partial charge in [-0.3, -0.25) is 9.69 Å². The molecule has 4 rings (SSSR count). The molecular formula is C22H18N2O2S. The lowest BCUT2D eigenvalue weighted by Gasteiger charge is -2.07. The third-order valence-electron chi connectivity index (χ3n) is 4.22. The van der Waals surface area contributed by atoms with Crippen LogP contribution >= 0.6 is 11.8 Å². The summed E-state index contributed by atoms with van der Waals surface area (Å²) in [5, 5.41) is 0.657. The van der Waals surface area contributed by atoms with E-state index in [1.165, 1.54) is 17.3 Å². The van der Waals surface area contributed by atoms with E-state index in [9.17, 15) is 4.79 Å². The largest absolute Gasteiger partial charge is 0.457 e. The van der Waals surface area contributed by atoms with Crippen molar-refractivity contribution in [3.05, 3.63) is 83.0 Å². The van der Waals surface area contributed by atoms with Gasteiger partial charge in [0.05, 0.1) is 10.6 Å². The number of amides is 1. The molecule has 4 nitrogen and oxygen atoms in total. The first-order valence-electron chi connectivity index (χ1n) is 8.58. The van der Waals surface area contributed by atoms with E-state index in [0.717, 1.165) is 17.0 Å². The molecule has 0 spiro atoms. The van der Waals surface area contributed by atoms with Gasteiger partial charge in [-0.25, -0.2) is 4.99 Å². The van der Waals surface area contributed by atoms with E-state index in [-0.39, 0.29) is 5.91 Å². The fourth-order valence-corrected chi connectivity index (χ4v) is 3.67. The van der Waals surface area contributed by atoms with Gasteiger partial charge in [-0.15, -0.1) is 0 Å². The molecule has 1 aromatic heterocycles. The number of carbonyl (C=O) groups is 1. The Hall–Kier alpha value is -3.05. The summed E-state index contributed by atoms with van der Waals surface area (Å²) in [6.07, 6.45) is 1.77. The van der Waals surface area contributed by atoms with E-state index < -0.39 is 0 Å². The monoisotopic (exact) mass is 374 g/mol. The highest BCUT2D eigenvalue weighted by atomic mass is 32.2. The van der Waals surface area contributed by atoms with Crippen molar-refractivity contribution in [2.45, 2.75) is 6.92 Å². The zero-order valence-corrected chi connectivity index (χ0v) is 15.9. The molecular weight excluding hydrogens is 356 g/mol. The second-order valence-electron chi connectivity index (χ2n) is 6.27. The summed E-state index contributed by atoms with van der Waals surface area (Å²) in [4.78, 5) is 19.3. The number of aliphatic imine (C=N–C) groups is 1. The van der Waals surface area contributed by atoms with E-state index in [2.05, 4.69) is 4.99 Å². The van der Waals surface area contributed by atoms with Crippen LogP contribution in [0.4, 0.5) is 5.69 Å². The van der Waals surface area contributed by atoms with Crippen LogP contribution in [-0.2, 0) is 4.79 Å². The van der Waals surface area contributed by atoms with E-state index in [4.69, 9.17) is 4.42 Å². The second kappa shape index (κ2) is 7.29. The van der Waals surface area contributed by atoms with Gasteiger partial charge in [-0.1, -0.05) is 48.0 Å². The molecule has 0 atom stereocenters. The Morgan fingerprint density at radius 3 is 2.48 bits per heavy atom. The molecule has 0 saturated carbocycles. The fourth-order valence-electron chi connectivity index (χ4n) is 2.70. The zero-order valence-electron chi connectivity index (χ0n) is 15.0. The summed E-state index contributed by atoms with van der Waals surface area (Å²) in [5.74, 6) is 1.35. The normalized spacial score (nSPS) is 17.3. The van der Waals surface area contributed by atoms with Crippen LogP contribution < -0.4 is 0 Å². The summed E-state index contributed by atoms with van der Waals surface area (Å²) < 4.78 is 5.88. The first kappa shape index (κ1) is 17.4. The lowest BCUT2D eigenvalue weighted by atomic mass is 10.2. The van der Waals surface area contributed by atoms with Crippen LogP contribution in [0.2, 0.25) is 0 Å². The van der Waals surface area contributed by atoms with Crippen LogP contribution in [0.5, 0.6) is 0 Å². The highest BCUT2D eigenvalue weighted by molar-refractivity contribution is 8.18. The average molecular weight is 374 g/mol. The summed E-state index contributed by atoms with van der Waals surface area (Å²) >= 11 is 1.35. The van der Waals surface area contributed by atoms with Crippen LogP contribution in [0, 0.1) is 6.92 Å². The van der Waals surface area contributed by atoms with Gasteiger partial charge in [0.15, 0.2) is 5.17 Å². The van der Waals surface area contributed by atoms with Crippen molar-refractivity contribution >= 4 is 34.6 Å². The third-order valence-corrected chi connectivity index (χ3v) is 5.28. The van der Waals surface area contributed by atoms with Crippen LogP contribution in [0.1, 0.15) is 11.3 Å². The highest BCUT2D eigenvalue weighted by Gasteiger charge is 2.30. The molecule has 3 aromatic rings. The van der Waals surface area contributed by atoms with Crippen molar-refractivity contribution in [1.29, 1.82) is 0 Å². The van der Waals surface area contributed by atoms with Crippen molar-refractivity contribution in [3.8, 4) is 11.3 Å². The van der Waals surface area contributed by atoms with E-state index in [1.54, 1.807) is 18.0 Å². The van der Waals surface area contributed by atoms with Crippen molar-refractivity contribution in [2.24, 2.45) is 4.99 Å². The second-order valence-corrected chi connectivity index (χ2v) is 7.28. The molecule has 2 aromatic carbocycles. The lowest BCUT2D eigenvalue weighted by Crippen LogP contribution is -2.23. The maximum Gasteiger partial charge on any atom is 0.266 e. The first-order chi connectivity index (χ1) is 13.1. The van der Waals surface area contributed by atoms with Gasteiger partial charge >= 0.3 is 0 Å². The summed E-state index contributed by atoms with van der Waals surface area (Å²) in [6.45, 7) is 2.03. The smallest absolute Gasteiger partial charge is 0.266 e. The van der Waals surface area contributed by atoms with Crippen LogP contribution in [0.15, 0.2) is 81.0 Å².